The van der Waals surface area contributed by atoms with Crippen LogP contribution in [-0.4, -0.2) is 25.3 Å². The minimum atomic E-state index is -0.500. The molecule has 0 aliphatic rings. The molecule has 0 fully saturated rings. The van der Waals surface area contributed by atoms with Crippen molar-refractivity contribution in [2.24, 2.45) is 0 Å². The SMILES string of the molecule is COc1cc(C(=O)OCc2cc(C)on2)cc(OC)c1Br. The van der Waals surface area contributed by atoms with Gasteiger partial charge in [0.2, 0.25) is 0 Å². The highest BCUT2D eigenvalue weighted by Crippen LogP contribution is 2.35. The van der Waals surface area contributed by atoms with Gasteiger partial charge in [0.1, 0.15) is 34.0 Å². The highest BCUT2D eigenvalue weighted by molar-refractivity contribution is 9.10. The Morgan fingerprint density at radius 1 is 1.24 bits per heavy atom. The fraction of sp³-hybridized carbons (Fsp3) is 0.286. The molecule has 112 valence electrons. The van der Waals surface area contributed by atoms with Gasteiger partial charge in [-0.15, -0.1) is 0 Å². The monoisotopic (exact) mass is 355 g/mol. The second-order valence-corrected chi connectivity index (χ2v) is 4.99. The predicted octanol–water partition coefficient (Wildman–Crippen LogP) is 3.12. The van der Waals surface area contributed by atoms with E-state index in [-0.39, 0.29) is 6.61 Å². The van der Waals surface area contributed by atoms with Crippen LogP contribution in [0.2, 0.25) is 0 Å². The van der Waals surface area contributed by atoms with E-state index >= 15 is 0 Å². The maximum atomic E-state index is 12.1. The maximum Gasteiger partial charge on any atom is 0.338 e. The predicted molar refractivity (Wildman–Crippen MR) is 77.6 cm³/mol. The summed E-state index contributed by atoms with van der Waals surface area (Å²) in [4.78, 5) is 12.1. The van der Waals surface area contributed by atoms with E-state index in [2.05, 4.69) is 21.1 Å². The van der Waals surface area contributed by atoms with E-state index in [0.29, 0.717) is 33.0 Å². The number of hydrogen-bond acceptors (Lipinski definition) is 6. The topological polar surface area (TPSA) is 70.8 Å². The molecule has 0 aliphatic heterocycles. The first-order valence-corrected chi connectivity index (χ1v) is 6.85. The van der Waals surface area contributed by atoms with Crippen LogP contribution in [0.25, 0.3) is 0 Å². The number of aryl methyl sites for hydroxylation is 1. The van der Waals surface area contributed by atoms with Gasteiger partial charge >= 0.3 is 5.97 Å². The van der Waals surface area contributed by atoms with Gasteiger partial charge in [-0.05, 0) is 35.0 Å². The molecule has 1 aromatic carbocycles. The Morgan fingerprint density at radius 2 is 1.86 bits per heavy atom. The van der Waals surface area contributed by atoms with Crippen molar-refractivity contribution in [1.82, 2.24) is 5.16 Å². The van der Waals surface area contributed by atoms with Crippen LogP contribution < -0.4 is 9.47 Å². The summed E-state index contributed by atoms with van der Waals surface area (Å²) in [6.07, 6.45) is 0. The average molecular weight is 356 g/mol. The summed E-state index contributed by atoms with van der Waals surface area (Å²) in [6, 6.07) is 4.85. The van der Waals surface area contributed by atoms with Gasteiger partial charge < -0.3 is 18.7 Å². The number of carbonyl (C=O) groups excluding carboxylic acids is 1. The lowest BCUT2D eigenvalue weighted by molar-refractivity contribution is 0.0463. The molecule has 2 rings (SSSR count). The molecule has 0 saturated carbocycles. The van der Waals surface area contributed by atoms with E-state index in [1.54, 1.807) is 25.1 Å². The van der Waals surface area contributed by atoms with Gasteiger partial charge in [0.05, 0.1) is 19.8 Å². The van der Waals surface area contributed by atoms with Gasteiger partial charge in [-0.3, -0.25) is 0 Å². The van der Waals surface area contributed by atoms with Crippen molar-refractivity contribution in [2.45, 2.75) is 13.5 Å². The number of nitrogens with zero attached hydrogens (tertiary/aromatic N) is 1. The second-order valence-electron chi connectivity index (χ2n) is 4.20. The molecule has 1 aromatic heterocycles. The maximum absolute atomic E-state index is 12.1. The number of esters is 1. The number of rotatable bonds is 5. The van der Waals surface area contributed by atoms with E-state index in [0.717, 1.165) is 0 Å². The zero-order valence-electron chi connectivity index (χ0n) is 11.8. The average Bonchev–Trinajstić information content (AvgIpc) is 2.90. The molecule has 0 unspecified atom stereocenters. The Balaban J connectivity index is 2.15. The molecule has 2 aromatic rings. The lowest BCUT2D eigenvalue weighted by Crippen LogP contribution is -2.06. The molecule has 1 heterocycles. The van der Waals surface area contributed by atoms with Gasteiger partial charge in [0.15, 0.2) is 0 Å². The molecule has 21 heavy (non-hydrogen) atoms. The van der Waals surface area contributed by atoms with Crippen LogP contribution in [-0.2, 0) is 11.3 Å². The number of halogens is 1. The molecule has 0 bridgehead atoms. The fourth-order valence-corrected chi connectivity index (χ4v) is 2.25. The smallest absolute Gasteiger partial charge is 0.338 e. The van der Waals surface area contributed by atoms with E-state index in [9.17, 15) is 4.79 Å². The van der Waals surface area contributed by atoms with Gasteiger partial charge in [0, 0.05) is 6.07 Å². The first-order valence-electron chi connectivity index (χ1n) is 6.06. The van der Waals surface area contributed by atoms with Crippen molar-refractivity contribution in [3.63, 3.8) is 0 Å². The number of aromatic nitrogens is 1. The third-order valence-electron chi connectivity index (χ3n) is 2.71. The summed E-state index contributed by atoms with van der Waals surface area (Å²) in [5, 5.41) is 3.75. The van der Waals surface area contributed by atoms with Gasteiger partial charge in [-0.2, -0.15) is 0 Å². The molecule has 0 radical (unpaired) electrons. The van der Waals surface area contributed by atoms with Crippen molar-refractivity contribution in [3.05, 3.63) is 39.7 Å². The van der Waals surface area contributed by atoms with E-state index in [1.165, 1.54) is 14.2 Å². The minimum Gasteiger partial charge on any atom is -0.495 e. The molecule has 0 amide bonds. The Kier molecular flexibility index (Phi) is 4.85. The van der Waals surface area contributed by atoms with Gasteiger partial charge in [-0.1, -0.05) is 5.16 Å². The zero-order chi connectivity index (χ0) is 15.4. The van der Waals surface area contributed by atoms with Crippen LogP contribution in [0.1, 0.15) is 21.8 Å². The summed E-state index contributed by atoms with van der Waals surface area (Å²) in [6.45, 7) is 1.81. The quantitative estimate of drug-likeness (QED) is 0.767. The summed E-state index contributed by atoms with van der Waals surface area (Å²) in [5.41, 5.74) is 0.879. The van der Waals surface area contributed by atoms with E-state index in [4.69, 9.17) is 18.7 Å². The molecule has 0 atom stereocenters. The van der Waals surface area contributed by atoms with Crippen molar-refractivity contribution in [1.29, 1.82) is 0 Å². The Hall–Kier alpha value is -2.02. The third kappa shape index (κ3) is 3.55. The van der Waals surface area contributed by atoms with Gasteiger partial charge in [0.25, 0.3) is 0 Å². The van der Waals surface area contributed by atoms with Crippen molar-refractivity contribution >= 4 is 21.9 Å². The van der Waals surface area contributed by atoms with Crippen LogP contribution in [0, 0.1) is 6.92 Å². The van der Waals surface area contributed by atoms with Crippen LogP contribution in [0.5, 0.6) is 11.5 Å². The number of methoxy groups -OCH3 is 2. The first kappa shape index (κ1) is 15.4. The minimum absolute atomic E-state index is 0.0386. The summed E-state index contributed by atoms with van der Waals surface area (Å²) < 4.78 is 21.1. The number of benzene rings is 1. The normalized spacial score (nSPS) is 10.3. The standard InChI is InChI=1S/C14H14BrNO5/c1-8-4-10(16-21-8)7-20-14(17)9-5-11(18-2)13(15)12(6-9)19-3/h4-6H,7H2,1-3H3. The zero-order valence-corrected chi connectivity index (χ0v) is 13.4. The molecule has 0 N–H and O–H groups in total. The lowest BCUT2D eigenvalue weighted by atomic mass is 10.2. The summed E-state index contributed by atoms with van der Waals surface area (Å²) in [7, 11) is 3.01. The molecule has 7 heteroatoms. The molecule has 0 spiro atoms. The largest absolute Gasteiger partial charge is 0.495 e. The number of ether oxygens (including phenoxy) is 3. The van der Waals surface area contributed by atoms with Crippen LogP contribution in [0.3, 0.4) is 0 Å². The summed E-state index contributed by atoms with van der Waals surface area (Å²) >= 11 is 3.34. The van der Waals surface area contributed by atoms with Crippen molar-refractivity contribution in [3.8, 4) is 11.5 Å². The number of carbonyl (C=O) groups is 1. The molecular formula is C14H14BrNO5. The second kappa shape index (κ2) is 6.62. The van der Waals surface area contributed by atoms with E-state index in [1.807, 2.05) is 0 Å². The Labute approximate surface area is 130 Å². The van der Waals surface area contributed by atoms with Crippen molar-refractivity contribution in [2.75, 3.05) is 14.2 Å². The lowest BCUT2D eigenvalue weighted by Gasteiger charge is -2.11. The fourth-order valence-electron chi connectivity index (χ4n) is 1.70. The van der Waals surface area contributed by atoms with Crippen molar-refractivity contribution < 1.29 is 23.5 Å². The van der Waals surface area contributed by atoms with Gasteiger partial charge in [-0.25, -0.2) is 4.79 Å². The molecule has 6 nitrogen and oxygen atoms in total. The first-order chi connectivity index (χ1) is 10.0. The summed E-state index contributed by atoms with van der Waals surface area (Å²) in [5.74, 6) is 1.13. The highest BCUT2D eigenvalue weighted by atomic mass is 79.9. The van der Waals surface area contributed by atoms with Crippen LogP contribution >= 0.6 is 15.9 Å². The highest BCUT2D eigenvalue weighted by Gasteiger charge is 2.16. The van der Waals surface area contributed by atoms with Crippen LogP contribution in [0.15, 0.2) is 27.2 Å². The molecule has 0 aliphatic carbocycles. The Morgan fingerprint density at radius 3 is 2.33 bits per heavy atom. The Bertz CT molecular complexity index is 628. The third-order valence-corrected chi connectivity index (χ3v) is 3.49. The molecular weight excluding hydrogens is 342 g/mol. The van der Waals surface area contributed by atoms with Crippen LogP contribution in [0.4, 0.5) is 0 Å². The van der Waals surface area contributed by atoms with E-state index < -0.39 is 5.97 Å². The molecule has 0 saturated heterocycles. The number of hydrogen-bond donors (Lipinski definition) is 0.